The quantitative estimate of drug-likeness (QED) is 0.225. The van der Waals surface area contributed by atoms with Crippen LogP contribution in [-0.2, 0) is 20.8 Å². The highest BCUT2D eigenvalue weighted by Crippen LogP contribution is 2.52. The number of aliphatic hydroxyl groups excluding tert-OH is 2. The summed E-state index contributed by atoms with van der Waals surface area (Å²) in [6, 6.07) is 1.53. The van der Waals surface area contributed by atoms with Crippen LogP contribution < -0.4 is 11.5 Å². The summed E-state index contributed by atoms with van der Waals surface area (Å²) in [4.78, 5) is 51.3. The van der Waals surface area contributed by atoms with Crippen molar-refractivity contribution in [1.82, 2.24) is 4.90 Å². The van der Waals surface area contributed by atoms with Crippen molar-refractivity contribution < 1.29 is 39.6 Å². The number of Topliss-reactive ketones (excluding diaryl/α,β-unsaturated/α-hetero) is 2. The van der Waals surface area contributed by atoms with E-state index in [4.69, 9.17) is 11.5 Å². The first-order valence-corrected chi connectivity index (χ1v) is 10.6. The SMILES string of the molecule is CN(C)[C@@H]1C(O)=C(C(N)=O)C(=O)[C@@]2(O)C(O)=C3C(=O)c4c(O)ccc(C#CC(N)=O)c4C[C@H]3C[C@H]12. The average Bonchev–Trinajstić information content (AvgIpc) is 2.75. The number of nitrogens with zero attached hydrogens (tertiary/aromatic N) is 1. The second-order valence-electron chi connectivity index (χ2n) is 9.06. The van der Waals surface area contributed by atoms with Crippen LogP contribution in [0.5, 0.6) is 5.75 Å². The van der Waals surface area contributed by atoms with Gasteiger partial charge in [0.15, 0.2) is 11.4 Å². The van der Waals surface area contributed by atoms with Gasteiger partial charge < -0.3 is 31.9 Å². The fourth-order valence-electron chi connectivity index (χ4n) is 5.50. The molecule has 0 saturated carbocycles. The molecule has 4 rings (SSSR count). The van der Waals surface area contributed by atoms with E-state index in [2.05, 4.69) is 11.8 Å². The third kappa shape index (κ3) is 3.30. The van der Waals surface area contributed by atoms with Crippen LogP contribution in [0.4, 0.5) is 0 Å². The van der Waals surface area contributed by atoms with Crippen LogP contribution in [0, 0.1) is 23.7 Å². The Hall–Kier alpha value is -4.14. The summed E-state index contributed by atoms with van der Waals surface area (Å²) in [5.41, 5.74) is 6.93. The summed E-state index contributed by atoms with van der Waals surface area (Å²) >= 11 is 0. The molecule has 3 aliphatic rings. The third-order valence-electron chi connectivity index (χ3n) is 6.93. The number of ketones is 2. The molecule has 0 spiro atoms. The number of benzene rings is 1. The van der Waals surface area contributed by atoms with Gasteiger partial charge in [-0.2, -0.15) is 0 Å². The number of phenols is 1. The number of carbonyl (C=O) groups is 4. The van der Waals surface area contributed by atoms with Crippen LogP contribution in [0.3, 0.4) is 0 Å². The van der Waals surface area contributed by atoms with E-state index in [1.165, 1.54) is 17.0 Å². The number of allylic oxidation sites excluding steroid dienone is 1. The lowest BCUT2D eigenvalue weighted by atomic mass is 9.58. The van der Waals surface area contributed by atoms with Gasteiger partial charge in [0, 0.05) is 17.1 Å². The lowest BCUT2D eigenvalue weighted by molar-refractivity contribution is -0.148. The van der Waals surface area contributed by atoms with Gasteiger partial charge in [0.25, 0.3) is 11.8 Å². The van der Waals surface area contributed by atoms with Crippen LogP contribution in [-0.4, -0.2) is 74.4 Å². The van der Waals surface area contributed by atoms with Gasteiger partial charge in [-0.05, 0) is 56.5 Å². The van der Waals surface area contributed by atoms with Crippen molar-refractivity contribution >= 4 is 23.4 Å². The van der Waals surface area contributed by atoms with Gasteiger partial charge in [-0.15, -0.1) is 0 Å². The Labute approximate surface area is 199 Å². The van der Waals surface area contributed by atoms with Crippen molar-refractivity contribution in [3.8, 4) is 17.6 Å². The Morgan fingerprint density at radius 1 is 1.14 bits per heavy atom. The average molecular weight is 481 g/mol. The molecular formula is C24H23N3O8. The van der Waals surface area contributed by atoms with Crippen LogP contribution >= 0.6 is 0 Å². The summed E-state index contributed by atoms with van der Waals surface area (Å²) in [7, 11) is 3.09. The fourth-order valence-corrected chi connectivity index (χ4v) is 5.50. The minimum atomic E-state index is -2.70. The third-order valence-corrected chi connectivity index (χ3v) is 6.93. The van der Waals surface area contributed by atoms with Crippen LogP contribution in [0.15, 0.2) is 34.8 Å². The molecule has 0 fully saturated rings. The number of rotatable bonds is 2. The first kappa shape index (κ1) is 24.0. The zero-order valence-corrected chi connectivity index (χ0v) is 18.8. The molecule has 0 unspecified atom stereocenters. The molecule has 182 valence electrons. The van der Waals surface area contributed by atoms with Crippen LogP contribution in [0.1, 0.15) is 27.9 Å². The molecule has 11 heteroatoms. The largest absolute Gasteiger partial charge is 0.510 e. The van der Waals surface area contributed by atoms with Gasteiger partial charge in [0.1, 0.15) is 22.8 Å². The molecule has 0 aromatic heterocycles. The molecule has 4 atom stereocenters. The number of nitrogens with two attached hydrogens (primary N) is 2. The van der Waals surface area contributed by atoms with Crippen molar-refractivity contribution in [3.63, 3.8) is 0 Å². The minimum Gasteiger partial charge on any atom is -0.510 e. The molecule has 0 radical (unpaired) electrons. The standard InChI is InChI=1S/C24H23N3O8/c1-27(2)18-12-8-10-7-11-9(4-6-14(25)29)3-5-13(28)16(11)19(30)15(10)21(32)24(12,35)22(33)17(20(18)31)23(26)34/h3,5,10,12,18,28,31-32,35H,7-8H2,1-2H3,(H2,25,29)(H2,26,34)/t10-,12+,18-,24-/m0/s1. The summed E-state index contributed by atoms with van der Waals surface area (Å²) in [6.45, 7) is 0. The first-order chi connectivity index (χ1) is 16.3. The maximum Gasteiger partial charge on any atom is 0.293 e. The number of likely N-dealkylation sites (N-methyl/N-ethyl adjacent to an activating group) is 1. The molecule has 11 nitrogen and oxygen atoms in total. The van der Waals surface area contributed by atoms with E-state index in [0.29, 0.717) is 5.56 Å². The molecule has 2 amide bonds. The number of hydrogen-bond acceptors (Lipinski definition) is 9. The highest BCUT2D eigenvalue weighted by molar-refractivity contribution is 6.24. The number of amides is 2. The van der Waals surface area contributed by atoms with Gasteiger partial charge in [-0.1, -0.05) is 5.92 Å². The van der Waals surface area contributed by atoms with E-state index in [1.54, 1.807) is 14.1 Å². The van der Waals surface area contributed by atoms with Gasteiger partial charge in [-0.25, -0.2) is 0 Å². The summed E-state index contributed by atoms with van der Waals surface area (Å²) in [6.07, 6.45) is 0.00974. The number of primary amides is 2. The van der Waals surface area contributed by atoms with Crippen molar-refractivity contribution in [1.29, 1.82) is 0 Å². The Balaban J connectivity index is 1.96. The smallest absolute Gasteiger partial charge is 0.293 e. The summed E-state index contributed by atoms with van der Waals surface area (Å²) in [5.74, 6) is -3.46. The topological polar surface area (TPSA) is 204 Å². The first-order valence-electron chi connectivity index (χ1n) is 10.6. The Bertz CT molecular complexity index is 1350. The minimum absolute atomic E-state index is 0.0515. The second-order valence-corrected chi connectivity index (χ2v) is 9.06. The van der Waals surface area contributed by atoms with Gasteiger partial charge in [-0.3, -0.25) is 24.1 Å². The molecule has 0 aliphatic heterocycles. The maximum atomic E-state index is 13.5. The normalized spacial score (nSPS) is 27.6. The number of carbonyl (C=O) groups excluding carboxylic acids is 4. The number of hydrogen-bond donors (Lipinski definition) is 6. The monoisotopic (exact) mass is 481 g/mol. The molecule has 35 heavy (non-hydrogen) atoms. The maximum absolute atomic E-state index is 13.5. The second kappa shape index (κ2) is 7.97. The predicted molar refractivity (Wildman–Crippen MR) is 120 cm³/mol. The van der Waals surface area contributed by atoms with E-state index in [0.717, 1.165) is 0 Å². The zero-order chi connectivity index (χ0) is 26.0. The van der Waals surface area contributed by atoms with Crippen LogP contribution in [0.2, 0.25) is 0 Å². The predicted octanol–water partition coefficient (Wildman–Crippen LogP) is -1.04. The number of fused-ring (bicyclic) bond motifs is 3. The van der Waals surface area contributed by atoms with Crippen molar-refractivity contribution in [2.75, 3.05) is 14.1 Å². The zero-order valence-electron chi connectivity index (χ0n) is 18.8. The Kier molecular flexibility index (Phi) is 5.47. The molecule has 8 N–H and O–H groups in total. The fraction of sp³-hybridized carbons (Fsp3) is 0.333. The van der Waals surface area contributed by atoms with E-state index < -0.39 is 69.7 Å². The van der Waals surface area contributed by atoms with E-state index in [9.17, 15) is 39.6 Å². The highest BCUT2D eigenvalue weighted by atomic mass is 16.3. The van der Waals surface area contributed by atoms with E-state index in [1.807, 2.05) is 0 Å². The summed E-state index contributed by atoms with van der Waals surface area (Å²) in [5, 5.41) is 43.9. The van der Waals surface area contributed by atoms with Gasteiger partial charge in [0.05, 0.1) is 11.6 Å². The van der Waals surface area contributed by atoms with Crippen molar-refractivity contribution in [3.05, 3.63) is 51.5 Å². The number of aliphatic hydroxyl groups is 3. The highest BCUT2D eigenvalue weighted by Gasteiger charge is 2.63. The number of phenolic OH excluding ortho intramolecular Hbond substituents is 1. The van der Waals surface area contributed by atoms with Crippen molar-refractivity contribution in [2.24, 2.45) is 23.3 Å². The molecule has 3 aliphatic carbocycles. The van der Waals surface area contributed by atoms with Gasteiger partial charge in [0.2, 0.25) is 5.78 Å². The summed E-state index contributed by atoms with van der Waals surface area (Å²) < 4.78 is 0. The molecule has 1 aromatic rings. The van der Waals surface area contributed by atoms with E-state index >= 15 is 0 Å². The molecule has 0 bridgehead atoms. The molecular weight excluding hydrogens is 458 g/mol. The lowest BCUT2D eigenvalue weighted by Gasteiger charge is -2.50. The lowest BCUT2D eigenvalue weighted by Crippen LogP contribution is -2.63. The van der Waals surface area contributed by atoms with Crippen molar-refractivity contribution in [2.45, 2.75) is 24.5 Å². The van der Waals surface area contributed by atoms with Gasteiger partial charge >= 0.3 is 0 Å². The Morgan fingerprint density at radius 3 is 2.37 bits per heavy atom. The Morgan fingerprint density at radius 2 is 1.80 bits per heavy atom. The van der Waals surface area contributed by atoms with Crippen LogP contribution in [0.25, 0.3) is 0 Å². The molecule has 0 saturated heterocycles. The number of aromatic hydroxyl groups is 1. The molecule has 1 aromatic carbocycles. The van der Waals surface area contributed by atoms with E-state index in [-0.39, 0.29) is 29.5 Å². The molecule has 0 heterocycles.